The third-order valence-corrected chi connectivity index (χ3v) is 7.42. The van der Waals surface area contributed by atoms with Crippen molar-refractivity contribution < 1.29 is 8.42 Å². The van der Waals surface area contributed by atoms with Gasteiger partial charge >= 0.3 is 5.69 Å². The number of H-pyrrole nitrogens is 2. The van der Waals surface area contributed by atoms with E-state index in [2.05, 4.69) is 22.1 Å². The second-order valence-corrected chi connectivity index (χ2v) is 10.3. The van der Waals surface area contributed by atoms with E-state index in [0.29, 0.717) is 22.7 Å². The van der Waals surface area contributed by atoms with E-state index in [1.54, 1.807) is 24.3 Å². The average molecular weight is 439 g/mol. The summed E-state index contributed by atoms with van der Waals surface area (Å²) in [6, 6.07) is 17.1. The summed E-state index contributed by atoms with van der Waals surface area (Å²) < 4.78 is 24.4. The number of aromatic amines is 2. The summed E-state index contributed by atoms with van der Waals surface area (Å²) >= 11 is 0. The highest BCUT2D eigenvalue weighted by Crippen LogP contribution is 2.40. The minimum atomic E-state index is -3.43. The first kappa shape index (κ1) is 21.3. The minimum absolute atomic E-state index is 0.0651. The fourth-order valence-corrected chi connectivity index (χ4v) is 5.64. The Bertz CT molecular complexity index is 1280. The lowest BCUT2D eigenvalue weighted by Crippen LogP contribution is -2.30. The molecule has 4 rings (SSSR count). The number of rotatable bonds is 5. The van der Waals surface area contributed by atoms with Gasteiger partial charge in [0.2, 0.25) is 0 Å². The minimum Gasteiger partial charge on any atom is -0.311 e. The van der Waals surface area contributed by atoms with Crippen molar-refractivity contribution in [2.75, 3.05) is 6.26 Å². The van der Waals surface area contributed by atoms with Gasteiger partial charge in [0.15, 0.2) is 9.84 Å². The van der Waals surface area contributed by atoms with Gasteiger partial charge in [-0.2, -0.15) is 0 Å². The predicted molar refractivity (Wildman–Crippen MR) is 120 cm³/mol. The highest BCUT2D eigenvalue weighted by molar-refractivity contribution is 7.90. The molecule has 162 valence electrons. The van der Waals surface area contributed by atoms with Crippen LogP contribution >= 0.6 is 0 Å². The molecule has 2 N–H and O–H groups in total. The molecule has 0 spiro atoms. The predicted octanol–water partition coefficient (Wildman–Crippen LogP) is 3.50. The van der Waals surface area contributed by atoms with E-state index in [1.165, 1.54) is 5.56 Å². The van der Waals surface area contributed by atoms with Gasteiger partial charge in [0.05, 0.1) is 4.90 Å². The fraction of sp³-hybridized carbons (Fsp3) is 0.333. The van der Waals surface area contributed by atoms with Crippen molar-refractivity contribution in [1.29, 1.82) is 0 Å². The summed E-state index contributed by atoms with van der Waals surface area (Å²) in [5, 5.41) is 0. The van der Waals surface area contributed by atoms with E-state index < -0.39 is 21.1 Å². The SMILES string of the molecule is CS(=O)(=O)c1ccccc1Cc1c(C2CCC(c3ccccc3)CC2)[nH]c(=O)[nH]c1=O. The maximum Gasteiger partial charge on any atom is 0.325 e. The molecule has 0 amide bonds. The molecule has 0 aliphatic heterocycles. The van der Waals surface area contributed by atoms with E-state index in [9.17, 15) is 18.0 Å². The van der Waals surface area contributed by atoms with Crippen LogP contribution in [0.25, 0.3) is 0 Å². The Morgan fingerprint density at radius 1 is 0.839 bits per heavy atom. The zero-order valence-electron chi connectivity index (χ0n) is 17.4. The molecule has 31 heavy (non-hydrogen) atoms. The Balaban J connectivity index is 1.65. The fourth-order valence-electron chi connectivity index (χ4n) is 4.70. The normalized spacial score (nSPS) is 19.3. The van der Waals surface area contributed by atoms with Crippen LogP contribution in [-0.2, 0) is 16.3 Å². The van der Waals surface area contributed by atoms with Gasteiger partial charge in [-0.05, 0) is 54.7 Å². The van der Waals surface area contributed by atoms with Gasteiger partial charge in [0.25, 0.3) is 5.56 Å². The molecule has 2 aromatic carbocycles. The Labute approximate surface area is 181 Å². The smallest absolute Gasteiger partial charge is 0.311 e. The molecule has 0 bridgehead atoms. The van der Waals surface area contributed by atoms with Crippen molar-refractivity contribution in [1.82, 2.24) is 9.97 Å². The standard InChI is InChI=1S/C24H26N2O4S/c1-31(29,30)21-10-6-5-9-19(21)15-20-22(25-24(28)26-23(20)27)18-13-11-17(12-14-18)16-7-3-2-4-8-16/h2-10,17-18H,11-15H2,1H3,(H2,25,26,27,28). The Morgan fingerprint density at radius 3 is 2.13 bits per heavy atom. The molecule has 3 aromatic rings. The van der Waals surface area contributed by atoms with Crippen LogP contribution in [0.2, 0.25) is 0 Å². The number of hydrogen-bond acceptors (Lipinski definition) is 4. The number of nitrogens with one attached hydrogen (secondary N) is 2. The van der Waals surface area contributed by atoms with Crippen molar-refractivity contribution in [3.63, 3.8) is 0 Å². The summed E-state index contributed by atoms with van der Waals surface area (Å²) in [5.41, 5.74) is 1.99. The molecule has 1 heterocycles. The van der Waals surface area contributed by atoms with Crippen LogP contribution in [0.5, 0.6) is 0 Å². The quantitative estimate of drug-likeness (QED) is 0.637. The molecule has 1 aliphatic carbocycles. The van der Waals surface area contributed by atoms with Crippen molar-refractivity contribution in [2.24, 2.45) is 0 Å². The number of hydrogen-bond donors (Lipinski definition) is 2. The average Bonchev–Trinajstić information content (AvgIpc) is 2.76. The van der Waals surface area contributed by atoms with Crippen molar-refractivity contribution in [3.05, 3.63) is 97.8 Å². The van der Waals surface area contributed by atoms with Gasteiger partial charge in [0, 0.05) is 23.9 Å². The Kier molecular flexibility index (Phi) is 5.96. The molecule has 0 radical (unpaired) electrons. The first-order valence-corrected chi connectivity index (χ1v) is 12.4. The number of sulfone groups is 1. The summed E-state index contributed by atoms with van der Waals surface area (Å²) in [5.74, 6) is 0.538. The monoisotopic (exact) mass is 438 g/mol. The van der Waals surface area contributed by atoms with Crippen LogP contribution in [0.3, 0.4) is 0 Å². The number of aromatic nitrogens is 2. The van der Waals surface area contributed by atoms with Crippen molar-refractivity contribution in [3.8, 4) is 0 Å². The molecule has 1 aliphatic rings. The zero-order chi connectivity index (χ0) is 22.0. The van der Waals surface area contributed by atoms with Crippen LogP contribution in [-0.4, -0.2) is 24.6 Å². The largest absolute Gasteiger partial charge is 0.325 e. The second-order valence-electron chi connectivity index (χ2n) is 8.32. The number of benzene rings is 2. The lowest BCUT2D eigenvalue weighted by atomic mass is 9.76. The van der Waals surface area contributed by atoms with E-state index in [1.807, 2.05) is 18.2 Å². The van der Waals surface area contributed by atoms with Crippen LogP contribution < -0.4 is 11.2 Å². The first-order chi connectivity index (χ1) is 14.8. The molecule has 7 heteroatoms. The maximum absolute atomic E-state index is 12.7. The summed E-state index contributed by atoms with van der Waals surface area (Å²) in [7, 11) is -3.43. The van der Waals surface area contributed by atoms with Gasteiger partial charge in [-0.25, -0.2) is 13.2 Å². The third-order valence-electron chi connectivity index (χ3n) is 6.22. The highest BCUT2D eigenvalue weighted by Gasteiger charge is 2.27. The van der Waals surface area contributed by atoms with E-state index in [0.717, 1.165) is 31.9 Å². The van der Waals surface area contributed by atoms with Gasteiger partial charge in [-0.1, -0.05) is 48.5 Å². The molecule has 1 fully saturated rings. The van der Waals surface area contributed by atoms with Gasteiger partial charge in [0.1, 0.15) is 0 Å². The lowest BCUT2D eigenvalue weighted by molar-refractivity contribution is 0.388. The molecule has 6 nitrogen and oxygen atoms in total. The third kappa shape index (κ3) is 4.71. The topological polar surface area (TPSA) is 99.9 Å². The van der Waals surface area contributed by atoms with Gasteiger partial charge < -0.3 is 4.98 Å². The van der Waals surface area contributed by atoms with Gasteiger partial charge in [-0.3, -0.25) is 9.78 Å². The first-order valence-electron chi connectivity index (χ1n) is 10.5. The summed E-state index contributed by atoms with van der Waals surface area (Å²) in [6.07, 6.45) is 4.99. The van der Waals surface area contributed by atoms with E-state index in [4.69, 9.17) is 0 Å². The Morgan fingerprint density at radius 2 is 1.45 bits per heavy atom. The van der Waals surface area contributed by atoms with Crippen LogP contribution in [0.15, 0.2) is 69.1 Å². The van der Waals surface area contributed by atoms with Crippen LogP contribution in [0.1, 0.15) is 59.9 Å². The molecule has 0 atom stereocenters. The Hall–Kier alpha value is -2.93. The molecule has 0 unspecified atom stereocenters. The lowest BCUT2D eigenvalue weighted by Gasteiger charge is -2.29. The highest BCUT2D eigenvalue weighted by atomic mass is 32.2. The molecule has 1 saturated carbocycles. The second kappa shape index (κ2) is 8.67. The van der Waals surface area contributed by atoms with E-state index >= 15 is 0 Å². The maximum atomic E-state index is 12.7. The van der Waals surface area contributed by atoms with Gasteiger partial charge in [-0.15, -0.1) is 0 Å². The summed E-state index contributed by atoms with van der Waals surface area (Å²) in [4.78, 5) is 30.2. The van der Waals surface area contributed by atoms with E-state index in [-0.39, 0.29) is 17.2 Å². The summed E-state index contributed by atoms with van der Waals surface area (Å²) in [6.45, 7) is 0. The molecule has 0 saturated heterocycles. The van der Waals surface area contributed by atoms with Crippen LogP contribution in [0.4, 0.5) is 0 Å². The van der Waals surface area contributed by atoms with Crippen LogP contribution in [0, 0.1) is 0 Å². The molecule has 1 aromatic heterocycles. The van der Waals surface area contributed by atoms with Crippen molar-refractivity contribution >= 4 is 9.84 Å². The zero-order valence-corrected chi connectivity index (χ0v) is 18.2. The molecular formula is C24H26N2O4S. The van der Waals surface area contributed by atoms with Crippen molar-refractivity contribution in [2.45, 2.75) is 48.8 Å². The molecular weight excluding hydrogens is 412 g/mol.